The number of imidazole rings is 1. The molecule has 0 aliphatic carbocycles. The Bertz CT molecular complexity index is 872. The molecule has 0 bridgehead atoms. The van der Waals surface area contributed by atoms with Crippen LogP contribution in [0.5, 0.6) is 0 Å². The van der Waals surface area contributed by atoms with Crippen molar-refractivity contribution in [2.75, 3.05) is 0 Å². The number of esters is 1. The molecular formula is C15H20N4O4. The van der Waals surface area contributed by atoms with E-state index in [1.165, 1.54) is 11.5 Å². The van der Waals surface area contributed by atoms with E-state index in [2.05, 4.69) is 9.97 Å². The van der Waals surface area contributed by atoms with Crippen molar-refractivity contribution in [2.45, 2.75) is 32.8 Å². The third-order valence-corrected chi connectivity index (χ3v) is 3.52. The Hall–Kier alpha value is -2.64. The van der Waals surface area contributed by atoms with Crippen molar-refractivity contribution >= 4 is 17.1 Å². The van der Waals surface area contributed by atoms with Crippen LogP contribution in [0, 0.1) is 0 Å². The molecule has 0 radical (unpaired) electrons. The van der Waals surface area contributed by atoms with Crippen molar-refractivity contribution in [1.82, 2.24) is 19.1 Å². The SMILES string of the molecule is CC(=O)OC(C)C=CCCc1nc2c(c(=O)[nH]c(=O)n2C)n1C. The number of hydrogen-bond donors (Lipinski definition) is 1. The maximum atomic E-state index is 11.9. The number of carbonyl (C=O) groups is 1. The van der Waals surface area contributed by atoms with Gasteiger partial charge < -0.3 is 9.30 Å². The van der Waals surface area contributed by atoms with Crippen molar-refractivity contribution in [3.63, 3.8) is 0 Å². The van der Waals surface area contributed by atoms with Crippen LogP contribution in [0.1, 0.15) is 26.1 Å². The van der Waals surface area contributed by atoms with Crippen LogP contribution in [0.25, 0.3) is 11.2 Å². The summed E-state index contributed by atoms with van der Waals surface area (Å²) in [5.41, 5.74) is -0.182. The fraction of sp³-hybridized carbons (Fsp3) is 0.467. The minimum absolute atomic E-state index is 0.281. The number of ether oxygens (including phenoxy) is 1. The Kier molecular flexibility index (Phi) is 4.83. The number of allylic oxidation sites excluding steroid dienone is 1. The van der Waals surface area contributed by atoms with Crippen LogP contribution in [0.3, 0.4) is 0 Å². The maximum absolute atomic E-state index is 11.9. The normalized spacial score (nSPS) is 12.9. The van der Waals surface area contributed by atoms with Crippen LogP contribution in [0.15, 0.2) is 21.7 Å². The Morgan fingerprint density at radius 2 is 2.04 bits per heavy atom. The predicted octanol–water partition coefficient (Wildman–Crippen LogP) is 0.401. The van der Waals surface area contributed by atoms with Crippen LogP contribution >= 0.6 is 0 Å². The lowest BCUT2D eigenvalue weighted by Gasteiger charge is -2.05. The molecule has 1 atom stereocenters. The van der Waals surface area contributed by atoms with Gasteiger partial charge in [0.1, 0.15) is 11.9 Å². The predicted molar refractivity (Wildman–Crippen MR) is 85.3 cm³/mol. The summed E-state index contributed by atoms with van der Waals surface area (Å²) in [7, 11) is 3.31. The first-order chi connectivity index (χ1) is 10.8. The number of aromatic nitrogens is 4. The molecule has 2 heterocycles. The molecule has 2 aromatic rings. The number of aryl methyl sites for hydroxylation is 3. The second-order valence-corrected chi connectivity index (χ2v) is 5.36. The van der Waals surface area contributed by atoms with Crippen LogP contribution in [0.2, 0.25) is 0 Å². The number of rotatable bonds is 5. The molecule has 0 aliphatic rings. The number of fused-ring (bicyclic) bond motifs is 1. The minimum atomic E-state index is -0.484. The monoisotopic (exact) mass is 320 g/mol. The molecule has 0 spiro atoms. The molecule has 23 heavy (non-hydrogen) atoms. The van der Waals surface area contributed by atoms with Gasteiger partial charge in [0, 0.05) is 27.4 Å². The van der Waals surface area contributed by atoms with Gasteiger partial charge in [0.25, 0.3) is 5.56 Å². The second kappa shape index (κ2) is 6.64. The quantitative estimate of drug-likeness (QED) is 0.635. The minimum Gasteiger partial charge on any atom is -0.459 e. The van der Waals surface area contributed by atoms with Gasteiger partial charge in [-0.15, -0.1) is 0 Å². The highest BCUT2D eigenvalue weighted by Gasteiger charge is 2.14. The van der Waals surface area contributed by atoms with E-state index in [1.807, 2.05) is 6.08 Å². The van der Waals surface area contributed by atoms with E-state index in [4.69, 9.17) is 4.74 Å². The van der Waals surface area contributed by atoms with E-state index in [9.17, 15) is 14.4 Å². The lowest BCUT2D eigenvalue weighted by Crippen LogP contribution is -2.29. The zero-order valence-electron chi connectivity index (χ0n) is 13.6. The molecule has 124 valence electrons. The molecule has 1 unspecified atom stereocenters. The first-order valence-electron chi connectivity index (χ1n) is 7.29. The van der Waals surface area contributed by atoms with Gasteiger partial charge in [-0.05, 0) is 19.4 Å². The number of nitrogens with one attached hydrogen (secondary N) is 1. The standard InChI is InChI=1S/C15H20N4O4/c1-9(23-10(2)20)7-5-6-8-11-16-13-12(18(11)3)14(21)17-15(22)19(13)4/h5,7,9H,6,8H2,1-4H3,(H,17,21,22). The van der Waals surface area contributed by atoms with Crippen molar-refractivity contribution < 1.29 is 9.53 Å². The zero-order chi connectivity index (χ0) is 17.1. The number of H-pyrrole nitrogens is 1. The number of aromatic amines is 1. The molecule has 0 fully saturated rings. The molecule has 0 aliphatic heterocycles. The lowest BCUT2D eigenvalue weighted by molar-refractivity contribution is -0.143. The highest BCUT2D eigenvalue weighted by atomic mass is 16.5. The van der Waals surface area contributed by atoms with Gasteiger partial charge in [0.15, 0.2) is 11.2 Å². The molecule has 0 saturated heterocycles. The van der Waals surface area contributed by atoms with Crippen LogP contribution in [0.4, 0.5) is 0 Å². The molecule has 8 nitrogen and oxygen atoms in total. The van der Waals surface area contributed by atoms with E-state index in [0.29, 0.717) is 29.8 Å². The number of hydrogen-bond acceptors (Lipinski definition) is 5. The fourth-order valence-corrected chi connectivity index (χ4v) is 2.38. The van der Waals surface area contributed by atoms with E-state index in [0.717, 1.165) is 0 Å². The van der Waals surface area contributed by atoms with Gasteiger partial charge in [0.05, 0.1) is 0 Å². The van der Waals surface area contributed by atoms with Crippen LogP contribution in [-0.2, 0) is 30.0 Å². The number of carbonyl (C=O) groups excluding carboxylic acids is 1. The third-order valence-electron chi connectivity index (χ3n) is 3.52. The molecule has 2 rings (SSSR count). The molecule has 8 heteroatoms. The van der Waals surface area contributed by atoms with E-state index >= 15 is 0 Å². The summed E-state index contributed by atoms with van der Waals surface area (Å²) in [6.07, 6.45) is 4.69. The second-order valence-electron chi connectivity index (χ2n) is 5.36. The van der Waals surface area contributed by atoms with Crippen molar-refractivity contribution in [2.24, 2.45) is 14.1 Å². The highest BCUT2D eigenvalue weighted by Crippen LogP contribution is 2.10. The molecule has 0 aromatic carbocycles. The average molecular weight is 320 g/mol. The van der Waals surface area contributed by atoms with Gasteiger partial charge in [-0.3, -0.25) is 19.1 Å². The Balaban J connectivity index is 2.17. The van der Waals surface area contributed by atoms with Gasteiger partial charge in [0.2, 0.25) is 0 Å². The maximum Gasteiger partial charge on any atom is 0.329 e. The molecule has 0 saturated carbocycles. The Labute approximate surface area is 132 Å². The fourth-order valence-electron chi connectivity index (χ4n) is 2.38. The molecule has 0 amide bonds. The largest absolute Gasteiger partial charge is 0.459 e. The van der Waals surface area contributed by atoms with Crippen LogP contribution < -0.4 is 11.2 Å². The van der Waals surface area contributed by atoms with E-state index in [-0.39, 0.29) is 12.1 Å². The molecular weight excluding hydrogens is 300 g/mol. The molecule has 1 N–H and O–H groups in total. The van der Waals surface area contributed by atoms with E-state index in [1.54, 1.807) is 31.7 Å². The van der Waals surface area contributed by atoms with E-state index < -0.39 is 11.2 Å². The topological polar surface area (TPSA) is 99.0 Å². The third kappa shape index (κ3) is 3.58. The van der Waals surface area contributed by atoms with Crippen LogP contribution in [-0.4, -0.2) is 31.2 Å². The van der Waals surface area contributed by atoms with Crippen molar-refractivity contribution in [3.05, 3.63) is 38.8 Å². The summed E-state index contributed by atoms with van der Waals surface area (Å²) in [6, 6.07) is 0. The highest BCUT2D eigenvalue weighted by molar-refractivity contribution is 5.70. The average Bonchev–Trinajstić information content (AvgIpc) is 2.78. The van der Waals surface area contributed by atoms with Crippen molar-refractivity contribution in [3.8, 4) is 0 Å². The summed E-state index contributed by atoms with van der Waals surface area (Å²) in [5, 5.41) is 0. The van der Waals surface area contributed by atoms with Gasteiger partial charge >= 0.3 is 11.7 Å². The van der Waals surface area contributed by atoms with Gasteiger partial charge in [-0.1, -0.05) is 6.08 Å². The van der Waals surface area contributed by atoms with Gasteiger partial charge in [-0.2, -0.15) is 0 Å². The Morgan fingerprint density at radius 3 is 2.70 bits per heavy atom. The summed E-state index contributed by atoms with van der Waals surface area (Å²) in [4.78, 5) is 41.0. The first kappa shape index (κ1) is 16.7. The lowest BCUT2D eigenvalue weighted by atomic mass is 10.2. The molecule has 2 aromatic heterocycles. The number of nitrogens with zero attached hydrogens (tertiary/aromatic N) is 3. The first-order valence-corrected chi connectivity index (χ1v) is 7.29. The summed E-state index contributed by atoms with van der Waals surface area (Å²) < 4.78 is 8.00. The summed E-state index contributed by atoms with van der Waals surface area (Å²) in [6.45, 7) is 3.15. The zero-order valence-corrected chi connectivity index (χ0v) is 13.6. The smallest absolute Gasteiger partial charge is 0.329 e. The van der Waals surface area contributed by atoms with Crippen molar-refractivity contribution in [1.29, 1.82) is 0 Å². The summed E-state index contributed by atoms with van der Waals surface area (Å²) >= 11 is 0. The Morgan fingerprint density at radius 1 is 1.35 bits per heavy atom. The summed E-state index contributed by atoms with van der Waals surface area (Å²) in [5.74, 6) is 0.383. The van der Waals surface area contributed by atoms with Gasteiger partial charge in [-0.25, -0.2) is 9.78 Å².